The van der Waals surface area contributed by atoms with E-state index in [1.807, 2.05) is 48.5 Å². The van der Waals surface area contributed by atoms with Crippen molar-refractivity contribution >= 4 is 5.91 Å². The minimum Gasteiger partial charge on any atom is -0.497 e. The lowest BCUT2D eigenvalue weighted by atomic mass is 10.2. The predicted octanol–water partition coefficient (Wildman–Crippen LogP) is 4.62. The Balaban J connectivity index is 1.40. The van der Waals surface area contributed by atoms with Crippen LogP contribution >= 0.6 is 0 Å². The third kappa shape index (κ3) is 4.33. The molecule has 1 N–H and O–H groups in total. The first-order valence-corrected chi connectivity index (χ1v) is 9.22. The number of ether oxygens (including phenoxy) is 2. The summed E-state index contributed by atoms with van der Waals surface area (Å²) in [6, 6.07) is 17.4. The standard InChI is InChI=1S/C22H19N3O5/c1-14(23-21(26)19-4-3-13-28-19)22-24-20(25-30-22)15-5-7-17(8-6-15)29-18-11-9-16(27-2)10-12-18/h3-14H,1-2H3,(H,23,26)/t14-/m1/s1. The Morgan fingerprint density at radius 3 is 2.30 bits per heavy atom. The van der Waals surface area contributed by atoms with Crippen LogP contribution in [-0.2, 0) is 0 Å². The molecular weight excluding hydrogens is 386 g/mol. The maximum absolute atomic E-state index is 12.1. The van der Waals surface area contributed by atoms with Gasteiger partial charge in [0.2, 0.25) is 11.7 Å². The molecule has 2 aromatic carbocycles. The zero-order chi connectivity index (χ0) is 20.9. The fourth-order valence-corrected chi connectivity index (χ4v) is 2.72. The van der Waals surface area contributed by atoms with Crippen molar-refractivity contribution in [3.05, 3.63) is 78.6 Å². The van der Waals surface area contributed by atoms with E-state index < -0.39 is 6.04 Å². The summed E-state index contributed by atoms with van der Waals surface area (Å²) in [6.07, 6.45) is 1.44. The van der Waals surface area contributed by atoms with Crippen molar-refractivity contribution < 1.29 is 23.2 Å². The Labute approximate surface area is 172 Å². The molecule has 2 heterocycles. The van der Waals surface area contributed by atoms with Crippen molar-refractivity contribution in [3.8, 4) is 28.6 Å². The monoisotopic (exact) mass is 405 g/mol. The number of benzene rings is 2. The van der Waals surface area contributed by atoms with Crippen LogP contribution in [0.1, 0.15) is 29.4 Å². The Kier molecular flexibility index (Phi) is 5.47. The fourth-order valence-electron chi connectivity index (χ4n) is 2.72. The highest BCUT2D eigenvalue weighted by Gasteiger charge is 2.19. The van der Waals surface area contributed by atoms with Crippen molar-refractivity contribution in [1.82, 2.24) is 15.5 Å². The molecule has 8 nitrogen and oxygen atoms in total. The van der Waals surface area contributed by atoms with E-state index in [4.69, 9.17) is 18.4 Å². The van der Waals surface area contributed by atoms with Crippen molar-refractivity contribution in [2.24, 2.45) is 0 Å². The molecule has 30 heavy (non-hydrogen) atoms. The number of methoxy groups -OCH3 is 1. The van der Waals surface area contributed by atoms with Gasteiger partial charge in [-0.05, 0) is 67.6 Å². The maximum Gasteiger partial charge on any atom is 0.287 e. The fraction of sp³-hybridized carbons (Fsp3) is 0.136. The highest BCUT2D eigenvalue weighted by molar-refractivity contribution is 5.91. The molecular formula is C22H19N3O5. The molecule has 0 radical (unpaired) electrons. The van der Waals surface area contributed by atoms with Gasteiger partial charge in [-0.3, -0.25) is 4.79 Å². The smallest absolute Gasteiger partial charge is 0.287 e. The number of amides is 1. The van der Waals surface area contributed by atoms with E-state index in [0.29, 0.717) is 23.2 Å². The first kappa shape index (κ1) is 19.3. The van der Waals surface area contributed by atoms with Crippen molar-refractivity contribution in [2.75, 3.05) is 7.11 Å². The molecule has 0 saturated heterocycles. The van der Waals surface area contributed by atoms with Gasteiger partial charge in [0.25, 0.3) is 5.91 Å². The van der Waals surface area contributed by atoms with Crippen LogP contribution in [0.5, 0.6) is 17.2 Å². The normalized spacial score (nSPS) is 11.7. The molecule has 1 atom stereocenters. The second kappa shape index (κ2) is 8.52. The Morgan fingerprint density at radius 1 is 1.00 bits per heavy atom. The molecule has 0 unspecified atom stereocenters. The second-order valence-corrected chi connectivity index (χ2v) is 6.43. The van der Waals surface area contributed by atoms with Gasteiger partial charge in [-0.2, -0.15) is 4.98 Å². The Morgan fingerprint density at radius 2 is 1.67 bits per heavy atom. The van der Waals surface area contributed by atoms with Crippen LogP contribution in [0.15, 0.2) is 75.9 Å². The molecule has 0 spiro atoms. The Hall–Kier alpha value is -4.07. The van der Waals surface area contributed by atoms with Gasteiger partial charge in [-0.15, -0.1) is 0 Å². The molecule has 152 valence electrons. The molecule has 0 aliphatic carbocycles. The molecule has 0 fully saturated rings. The molecule has 0 bridgehead atoms. The molecule has 0 aliphatic rings. The summed E-state index contributed by atoms with van der Waals surface area (Å²) in [5, 5.41) is 6.74. The number of carbonyl (C=O) groups excluding carboxylic acids is 1. The summed E-state index contributed by atoms with van der Waals surface area (Å²) >= 11 is 0. The first-order valence-electron chi connectivity index (χ1n) is 9.22. The summed E-state index contributed by atoms with van der Waals surface area (Å²) in [6.45, 7) is 1.75. The first-order chi connectivity index (χ1) is 14.6. The summed E-state index contributed by atoms with van der Waals surface area (Å²) < 4.78 is 21.3. The second-order valence-electron chi connectivity index (χ2n) is 6.43. The van der Waals surface area contributed by atoms with Crippen LogP contribution in [0.3, 0.4) is 0 Å². The zero-order valence-electron chi connectivity index (χ0n) is 16.4. The molecule has 0 saturated carbocycles. The minimum atomic E-state index is -0.471. The summed E-state index contributed by atoms with van der Waals surface area (Å²) in [4.78, 5) is 16.4. The van der Waals surface area contributed by atoms with Gasteiger partial charge in [0.05, 0.1) is 13.4 Å². The topological polar surface area (TPSA) is 99.6 Å². The molecule has 4 rings (SSSR count). The van der Waals surface area contributed by atoms with Gasteiger partial charge in [0, 0.05) is 5.56 Å². The summed E-state index contributed by atoms with van der Waals surface area (Å²) in [7, 11) is 1.62. The van der Waals surface area contributed by atoms with Gasteiger partial charge in [-0.1, -0.05) is 5.16 Å². The number of nitrogens with zero attached hydrogens (tertiary/aromatic N) is 2. The zero-order valence-corrected chi connectivity index (χ0v) is 16.4. The predicted molar refractivity (Wildman–Crippen MR) is 107 cm³/mol. The van der Waals surface area contributed by atoms with Crippen molar-refractivity contribution in [3.63, 3.8) is 0 Å². The number of furan rings is 1. The van der Waals surface area contributed by atoms with Gasteiger partial charge in [0.15, 0.2) is 5.76 Å². The van der Waals surface area contributed by atoms with E-state index in [1.165, 1.54) is 6.26 Å². The average molecular weight is 405 g/mol. The average Bonchev–Trinajstić information content (AvgIpc) is 3.47. The quantitative estimate of drug-likeness (QED) is 0.479. The highest BCUT2D eigenvalue weighted by atomic mass is 16.5. The van der Waals surface area contributed by atoms with Crippen LogP contribution in [0.4, 0.5) is 0 Å². The van der Waals surface area contributed by atoms with Crippen LogP contribution in [0.25, 0.3) is 11.4 Å². The molecule has 0 aliphatic heterocycles. The minimum absolute atomic E-state index is 0.217. The van der Waals surface area contributed by atoms with Crippen molar-refractivity contribution in [2.45, 2.75) is 13.0 Å². The molecule has 1 amide bonds. The van der Waals surface area contributed by atoms with Gasteiger partial charge in [-0.25, -0.2) is 0 Å². The lowest BCUT2D eigenvalue weighted by molar-refractivity contribution is 0.0904. The van der Waals surface area contributed by atoms with E-state index in [1.54, 1.807) is 26.2 Å². The number of hydrogen-bond donors (Lipinski definition) is 1. The third-order valence-corrected chi connectivity index (χ3v) is 4.31. The van der Waals surface area contributed by atoms with E-state index in [0.717, 1.165) is 11.3 Å². The van der Waals surface area contributed by atoms with E-state index >= 15 is 0 Å². The van der Waals surface area contributed by atoms with E-state index in [-0.39, 0.29) is 11.7 Å². The van der Waals surface area contributed by atoms with E-state index in [2.05, 4.69) is 15.5 Å². The van der Waals surface area contributed by atoms with Crippen LogP contribution < -0.4 is 14.8 Å². The number of rotatable bonds is 7. The summed E-state index contributed by atoms with van der Waals surface area (Å²) in [5.74, 6) is 2.71. The van der Waals surface area contributed by atoms with Gasteiger partial charge >= 0.3 is 0 Å². The van der Waals surface area contributed by atoms with Gasteiger partial charge < -0.3 is 23.7 Å². The van der Waals surface area contributed by atoms with Crippen LogP contribution in [-0.4, -0.2) is 23.2 Å². The van der Waals surface area contributed by atoms with Crippen LogP contribution in [0, 0.1) is 0 Å². The molecule has 8 heteroatoms. The van der Waals surface area contributed by atoms with Crippen molar-refractivity contribution in [1.29, 1.82) is 0 Å². The number of hydrogen-bond acceptors (Lipinski definition) is 7. The lowest BCUT2D eigenvalue weighted by Gasteiger charge is -2.07. The maximum atomic E-state index is 12.1. The number of carbonyl (C=O) groups is 1. The molecule has 2 aromatic heterocycles. The number of aromatic nitrogens is 2. The van der Waals surface area contributed by atoms with E-state index in [9.17, 15) is 4.79 Å². The summed E-state index contributed by atoms with van der Waals surface area (Å²) in [5.41, 5.74) is 0.761. The molecule has 4 aromatic rings. The third-order valence-electron chi connectivity index (χ3n) is 4.31. The number of nitrogens with one attached hydrogen (secondary N) is 1. The largest absolute Gasteiger partial charge is 0.497 e. The SMILES string of the molecule is COc1ccc(Oc2ccc(-c3noc([C@@H](C)NC(=O)c4ccco4)n3)cc2)cc1. The van der Waals surface area contributed by atoms with Gasteiger partial charge in [0.1, 0.15) is 23.3 Å². The highest BCUT2D eigenvalue weighted by Crippen LogP contribution is 2.26. The Bertz CT molecular complexity index is 1100. The van der Waals surface area contributed by atoms with Crippen LogP contribution in [0.2, 0.25) is 0 Å². The lowest BCUT2D eigenvalue weighted by Crippen LogP contribution is -2.26.